The Morgan fingerprint density at radius 3 is 2.86 bits per heavy atom. The second kappa shape index (κ2) is 6.91. The molecule has 1 aliphatic heterocycles. The predicted octanol–water partition coefficient (Wildman–Crippen LogP) is 3.69. The lowest BCUT2D eigenvalue weighted by Crippen LogP contribution is -2.32. The van der Waals surface area contributed by atoms with Gasteiger partial charge in [-0.05, 0) is 29.8 Å². The first kappa shape index (κ1) is 18.4. The minimum Gasteiger partial charge on any atom is -0.458 e. The highest BCUT2D eigenvalue weighted by molar-refractivity contribution is 7.93. The quantitative estimate of drug-likeness (QED) is 0.678. The summed E-state index contributed by atoms with van der Waals surface area (Å²) in [6.07, 6.45) is 6.82. The van der Waals surface area contributed by atoms with Crippen molar-refractivity contribution in [1.82, 2.24) is 9.88 Å². The minimum absolute atomic E-state index is 0.00695. The van der Waals surface area contributed by atoms with Gasteiger partial charge >= 0.3 is 0 Å². The van der Waals surface area contributed by atoms with Crippen molar-refractivity contribution in [2.75, 3.05) is 26.9 Å². The van der Waals surface area contributed by atoms with Gasteiger partial charge < -0.3 is 9.32 Å². The number of fused-ring (bicyclic) bond motifs is 1. The Morgan fingerprint density at radius 2 is 2.11 bits per heavy atom. The molecule has 2 aromatic heterocycles. The second-order valence-corrected chi connectivity index (χ2v) is 9.36. The fraction of sp³-hybridized carbons (Fsp3) is 0.238. The van der Waals surface area contributed by atoms with Crippen LogP contribution in [0.1, 0.15) is 11.7 Å². The minimum atomic E-state index is -2.42. The molecule has 0 saturated carbocycles. The van der Waals surface area contributed by atoms with Crippen LogP contribution < -0.4 is 0 Å². The summed E-state index contributed by atoms with van der Waals surface area (Å²) in [7, 11) is 0.920. The number of amides is 1. The number of rotatable bonds is 3. The van der Waals surface area contributed by atoms with Crippen molar-refractivity contribution in [3.63, 3.8) is 0 Å². The molecule has 0 radical (unpaired) electrons. The summed E-state index contributed by atoms with van der Waals surface area (Å²) in [4.78, 5) is 18.5. The van der Waals surface area contributed by atoms with Crippen LogP contribution in [0.4, 0.5) is 0 Å². The lowest BCUT2D eigenvalue weighted by atomic mass is 10.0. The number of likely N-dealkylation sites (N-methyl/N-ethyl adjacent to an activating group) is 1. The number of carbonyl (C=O) groups is 1. The number of hydrogen-bond donors (Lipinski definition) is 0. The van der Waals surface area contributed by atoms with Gasteiger partial charge in [-0.1, -0.05) is 18.2 Å². The molecule has 0 bridgehead atoms. The number of pyridine rings is 1. The largest absolute Gasteiger partial charge is 0.458 e. The van der Waals surface area contributed by atoms with Crippen molar-refractivity contribution in [2.45, 2.75) is 10.8 Å². The SMILES string of the molecule is CN=S(C)(=O)c1cccc(-c2ccnc3cc(C4C=CC(=O)N(C)C4)oc23)c1. The fourth-order valence-electron chi connectivity index (χ4n) is 3.33. The Balaban J connectivity index is 1.81. The van der Waals surface area contributed by atoms with Crippen LogP contribution in [0.5, 0.6) is 0 Å². The van der Waals surface area contributed by atoms with Crippen LogP contribution in [0.3, 0.4) is 0 Å². The van der Waals surface area contributed by atoms with E-state index in [1.54, 1.807) is 37.5 Å². The zero-order valence-electron chi connectivity index (χ0n) is 16.0. The summed E-state index contributed by atoms with van der Waals surface area (Å²) in [5, 5.41) is 0. The van der Waals surface area contributed by atoms with Gasteiger partial charge in [-0.15, -0.1) is 0 Å². The van der Waals surface area contributed by atoms with Gasteiger partial charge in [-0.3, -0.25) is 9.78 Å². The van der Waals surface area contributed by atoms with Crippen LogP contribution in [0.25, 0.3) is 22.2 Å². The number of benzene rings is 1. The Bertz CT molecular complexity index is 1220. The third-order valence-corrected chi connectivity index (χ3v) is 6.87. The Labute approximate surface area is 164 Å². The lowest BCUT2D eigenvalue weighted by molar-refractivity contribution is -0.125. The normalized spacial score (nSPS) is 19.0. The van der Waals surface area contributed by atoms with Gasteiger partial charge in [-0.2, -0.15) is 0 Å². The molecule has 0 aliphatic carbocycles. The molecule has 6 nitrogen and oxygen atoms in total. The fourth-order valence-corrected chi connectivity index (χ4v) is 4.22. The van der Waals surface area contributed by atoms with E-state index < -0.39 is 9.73 Å². The van der Waals surface area contributed by atoms with Crippen molar-refractivity contribution in [2.24, 2.45) is 4.36 Å². The highest BCUT2D eigenvalue weighted by atomic mass is 32.2. The maximum atomic E-state index is 12.6. The average molecular weight is 395 g/mol. The van der Waals surface area contributed by atoms with Gasteiger partial charge in [0, 0.05) is 49.6 Å². The molecule has 1 aromatic carbocycles. The second-order valence-electron chi connectivity index (χ2n) is 6.92. The molecule has 3 heterocycles. The van der Waals surface area contributed by atoms with E-state index in [9.17, 15) is 9.00 Å². The zero-order valence-corrected chi connectivity index (χ0v) is 16.8. The van der Waals surface area contributed by atoms with E-state index in [1.807, 2.05) is 42.5 Å². The first-order valence-corrected chi connectivity index (χ1v) is 10.8. The molecule has 0 N–H and O–H groups in total. The molecule has 4 rings (SSSR count). The van der Waals surface area contributed by atoms with Crippen LogP contribution in [-0.2, 0) is 14.5 Å². The van der Waals surface area contributed by atoms with Gasteiger partial charge in [-0.25, -0.2) is 8.57 Å². The molecular weight excluding hydrogens is 374 g/mol. The van der Waals surface area contributed by atoms with Crippen LogP contribution in [0.15, 0.2) is 68.4 Å². The number of nitrogens with zero attached hydrogens (tertiary/aromatic N) is 3. The Hall–Kier alpha value is -2.93. The monoisotopic (exact) mass is 395 g/mol. The van der Waals surface area contributed by atoms with Crippen LogP contribution >= 0.6 is 0 Å². The van der Waals surface area contributed by atoms with E-state index in [1.165, 1.54) is 0 Å². The molecule has 7 heteroatoms. The van der Waals surface area contributed by atoms with Crippen molar-refractivity contribution < 1.29 is 13.4 Å². The van der Waals surface area contributed by atoms with E-state index >= 15 is 0 Å². The standard InChI is InChI=1S/C21H21N3O3S/c1-22-28(3,26)16-6-4-5-14(11-16)17-9-10-23-18-12-19(27-21(17)18)15-7-8-20(25)24(2)13-15/h4-12,15H,13H2,1-3H3. The van der Waals surface area contributed by atoms with Crippen molar-refractivity contribution in [3.05, 3.63) is 60.5 Å². The third-order valence-electron chi connectivity index (χ3n) is 5.05. The molecule has 1 amide bonds. The number of hydrogen-bond acceptors (Lipinski definition) is 5. The van der Waals surface area contributed by atoms with E-state index in [4.69, 9.17) is 4.42 Å². The molecule has 1 aliphatic rings. The average Bonchev–Trinajstić information content (AvgIpc) is 3.14. The molecule has 0 saturated heterocycles. The topological polar surface area (TPSA) is 75.8 Å². The summed E-state index contributed by atoms with van der Waals surface area (Å²) < 4.78 is 22.8. The van der Waals surface area contributed by atoms with Gasteiger partial charge in [0.05, 0.1) is 15.6 Å². The van der Waals surface area contributed by atoms with Gasteiger partial charge in [0.1, 0.15) is 11.3 Å². The Kier molecular flexibility index (Phi) is 4.55. The molecule has 2 unspecified atom stereocenters. The first-order valence-electron chi connectivity index (χ1n) is 8.91. The molecule has 28 heavy (non-hydrogen) atoms. The van der Waals surface area contributed by atoms with Crippen molar-refractivity contribution in [3.8, 4) is 11.1 Å². The van der Waals surface area contributed by atoms with E-state index in [0.717, 1.165) is 22.4 Å². The van der Waals surface area contributed by atoms with Crippen molar-refractivity contribution >= 4 is 26.7 Å². The summed E-state index contributed by atoms with van der Waals surface area (Å²) in [5.74, 6) is 0.751. The third kappa shape index (κ3) is 3.22. The Morgan fingerprint density at radius 1 is 1.29 bits per heavy atom. The lowest BCUT2D eigenvalue weighted by Gasteiger charge is -2.23. The molecule has 144 valence electrons. The summed E-state index contributed by atoms with van der Waals surface area (Å²) in [6, 6.07) is 11.4. The highest BCUT2D eigenvalue weighted by Crippen LogP contribution is 2.34. The molecule has 2 atom stereocenters. The van der Waals surface area contributed by atoms with Crippen LogP contribution in [0, 0.1) is 0 Å². The maximum Gasteiger partial charge on any atom is 0.246 e. The predicted molar refractivity (Wildman–Crippen MR) is 110 cm³/mol. The molecule has 0 spiro atoms. The van der Waals surface area contributed by atoms with Gasteiger partial charge in [0.15, 0.2) is 5.58 Å². The maximum absolute atomic E-state index is 12.6. The summed E-state index contributed by atoms with van der Waals surface area (Å²) in [6.45, 7) is 0.565. The van der Waals surface area contributed by atoms with Crippen molar-refractivity contribution in [1.29, 1.82) is 0 Å². The van der Waals surface area contributed by atoms with E-state index in [-0.39, 0.29) is 11.8 Å². The highest BCUT2D eigenvalue weighted by Gasteiger charge is 2.23. The summed E-state index contributed by atoms with van der Waals surface area (Å²) in [5.41, 5.74) is 3.21. The number of furan rings is 1. The zero-order chi connectivity index (χ0) is 19.9. The van der Waals surface area contributed by atoms with Gasteiger partial charge in [0.25, 0.3) is 0 Å². The smallest absolute Gasteiger partial charge is 0.246 e. The first-order chi connectivity index (χ1) is 13.4. The van der Waals surface area contributed by atoms with Crippen LogP contribution in [-0.4, -0.2) is 46.9 Å². The summed E-state index contributed by atoms with van der Waals surface area (Å²) >= 11 is 0. The molecular formula is C21H21N3O3S. The van der Waals surface area contributed by atoms with E-state index in [0.29, 0.717) is 17.0 Å². The van der Waals surface area contributed by atoms with Gasteiger partial charge in [0.2, 0.25) is 5.91 Å². The molecule has 0 fully saturated rings. The number of carbonyl (C=O) groups excluding carboxylic acids is 1. The van der Waals surface area contributed by atoms with E-state index in [2.05, 4.69) is 9.35 Å². The van der Waals surface area contributed by atoms with Crippen LogP contribution in [0.2, 0.25) is 0 Å². The number of aromatic nitrogens is 1. The molecule has 3 aromatic rings.